The minimum atomic E-state index is 0. The average Bonchev–Trinajstić information content (AvgIpc) is 3.02. The molecule has 10 heteroatoms. The van der Waals surface area contributed by atoms with Crippen LogP contribution in [0.15, 0.2) is 0 Å². The van der Waals surface area contributed by atoms with Gasteiger partial charge in [-0.15, -0.1) is 15.8 Å². The van der Waals surface area contributed by atoms with Crippen molar-refractivity contribution in [1.29, 1.82) is 0 Å². The van der Waals surface area contributed by atoms with Crippen LogP contribution >= 0.6 is 15.8 Å². The third kappa shape index (κ3) is 90.3. The van der Waals surface area contributed by atoms with E-state index >= 15 is 0 Å². The van der Waals surface area contributed by atoms with Crippen molar-refractivity contribution in [3.8, 4) is 0 Å². The fourth-order valence-electron chi connectivity index (χ4n) is 2.96. The summed E-state index contributed by atoms with van der Waals surface area (Å²) in [4.78, 5) is 15.5. The van der Waals surface area contributed by atoms with Crippen molar-refractivity contribution in [2.45, 2.75) is 119 Å². The van der Waals surface area contributed by atoms with Crippen LogP contribution in [0.5, 0.6) is 0 Å². The Morgan fingerprint density at radius 3 is 0.575 bits per heavy atom. The maximum Gasteiger partial charge on any atom is 2.00 e. The number of unbranched alkanes of at least 4 members (excludes halogenated alkanes) is 6. The molecule has 0 bridgehead atoms. The molecular formula is C30H56Co2O6P2. The summed E-state index contributed by atoms with van der Waals surface area (Å²) in [5, 5.41) is 0. The van der Waals surface area contributed by atoms with Gasteiger partial charge in [0, 0.05) is 16.8 Å². The molecule has 240 valence electrons. The summed E-state index contributed by atoms with van der Waals surface area (Å²) in [6.45, 7) is 38.4. The Hall–Kier alpha value is 0.173. The molecule has 0 heterocycles. The van der Waals surface area contributed by atoms with E-state index < -0.39 is 0 Å². The molecule has 0 N–H and O–H groups in total. The minimum absolute atomic E-state index is 0. The first-order chi connectivity index (χ1) is 18.7. The van der Waals surface area contributed by atoms with Crippen molar-refractivity contribution >= 4 is 29.4 Å². The van der Waals surface area contributed by atoms with E-state index in [1.54, 1.807) is 37.0 Å². The van der Waals surface area contributed by atoms with E-state index in [0.29, 0.717) is 15.8 Å². The molecule has 0 fully saturated rings. The number of hydrogen-bond acceptors (Lipinski definition) is 2. The van der Waals surface area contributed by atoms with Crippen LogP contribution in [0.25, 0.3) is 0 Å². The van der Waals surface area contributed by atoms with Gasteiger partial charge in [0.15, 0.2) is 0 Å². The van der Waals surface area contributed by atoms with E-state index in [2.05, 4.69) is 81.7 Å². The van der Waals surface area contributed by atoms with Crippen LogP contribution in [0.1, 0.15) is 119 Å². The Balaban J connectivity index is -0.0000000393. The first-order valence-electron chi connectivity index (χ1n) is 13.4. The maximum atomic E-state index is 7.75. The molecule has 0 aliphatic heterocycles. The van der Waals surface area contributed by atoms with Crippen molar-refractivity contribution in [3.05, 3.63) is 26.6 Å². The number of hydrogen-bond donors (Lipinski definition) is 0. The van der Waals surface area contributed by atoms with E-state index in [-0.39, 0.29) is 33.6 Å². The van der Waals surface area contributed by atoms with E-state index in [9.17, 15) is 0 Å². The second kappa shape index (κ2) is 97.7. The largest absolute Gasteiger partial charge is 2.00 e. The molecule has 0 aliphatic carbocycles. The molecule has 0 spiro atoms. The summed E-state index contributed by atoms with van der Waals surface area (Å²) in [6.07, 6.45) is 26.4. The first kappa shape index (κ1) is 67.7. The first-order valence-corrected chi connectivity index (χ1v) is 17.2. The molecule has 6 nitrogen and oxygen atoms in total. The van der Waals surface area contributed by atoms with Crippen molar-refractivity contribution in [2.75, 3.05) is 37.0 Å². The van der Waals surface area contributed by atoms with Crippen LogP contribution in [0.3, 0.4) is 0 Å². The second-order valence-corrected chi connectivity index (χ2v) is 13.2. The Labute approximate surface area is 272 Å². The zero-order valence-corrected chi connectivity index (χ0v) is 29.8. The molecule has 40 heavy (non-hydrogen) atoms. The summed E-state index contributed by atoms with van der Waals surface area (Å²) in [7, 11) is 0.843. The van der Waals surface area contributed by atoms with Gasteiger partial charge in [-0.1, -0.05) is 80.1 Å². The number of carbonyl (C=O) groups excluding carboxylic acids is 2. The quantitative estimate of drug-likeness (QED) is 0.0618. The van der Waals surface area contributed by atoms with Crippen LogP contribution in [-0.2, 0) is 61.8 Å². The van der Waals surface area contributed by atoms with Crippen molar-refractivity contribution in [2.24, 2.45) is 0 Å². The van der Waals surface area contributed by atoms with Gasteiger partial charge < -0.3 is 9.59 Å². The predicted octanol–water partition coefficient (Wildman–Crippen LogP) is 9.03. The van der Waals surface area contributed by atoms with Crippen LogP contribution in [0.4, 0.5) is 0 Å². The van der Waals surface area contributed by atoms with Crippen molar-refractivity contribution in [3.63, 3.8) is 0 Å². The molecule has 0 unspecified atom stereocenters. The smallest absolute Gasteiger partial charge is 0.545 e. The molecule has 0 aromatic carbocycles. The van der Waals surface area contributed by atoms with Gasteiger partial charge in [0.25, 0.3) is 0 Å². The van der Waals surface area contributed by atoms with E-state index in [0.717, 1.165) is 0 Å². The zero-order chi connectivity index (χ0) is 31.9. The van der Waals surface area contributed by atoms with Crippen LogP contribution in [-0.4, -0.2) is 50.5 Å². The predicted molar refractivity (Wildman–Crippen MR) is 162 cm³/mol. The minimum Gasteiger partial charge on any atom is -0.545 e. The van der Waals surface area contributed by atoms with Crippen molar-refractivity contribution in [1.82, 2.24) is 0 Å². The molecule has 0 rings (SSSR count). The van der Waals surface area contributed by atoms with Gasteiger partial charge in [-0.25, -0.2) is 0 Å². The van der Waals surface area contributed by atoms with Gasteiger partial charge in [-0.3, -0.25) is 13.6 Å². The Kier molecular flexibility index (Phi) is 165. The monoisotopic (exact) mass is 692 g/mol. The van der Waals surface area contributed by atoms with E-state index in [1.807, 2.05) is 0 Å². The molecule has 0 aromatic rings. The zero-order valence-electron chi connectivity index (χ0n) is 25.9. The Bertz CT molecular complexity index is 338. The molecule has 0 aliphatic rings. The van der Waals surface area contributed by atoms with Gasteiger partial charge in [0.1, 0.15) is 0 Å². The average molecular weight is 693 g/mol. The second-order valence-electron chi connectivity index (χ2n) is 7.80. The fourth-order valence-corrected chi connectivity index (χ4v) is 8.88. The summed E-state index contributed by atoms with van der Waals surface area (Å²) >= 11 is 0. The number of rotatable bonds is 18. The normalized spacial score (nSPS) is 7.60. The fraction of sp³-hybridized carbons (Fsp3) is 0.800. The van der Waals surface area contributed by atoms with E-state index in [4.69, 9.17) is 28.2 Å². The summed E-state index contributed by atoms with van der Waals surface area (Å²) in [5.74, 6) is 0. The Morgan fingerprint density at radius 2 is 0.500 bits per heavy atom. The van der Waals surface area contributed by atoms with Crippen LogP contribution < -0.4 is 0 Å². The Morgan fingerprint density at radius 1 is 0.400 bits per heavy atom. The van der Waals surface area contributed by atoms with Gasteiger partial charge in [0.05, 0.1) is 0 Å². The SMILES string of the molecule is CCCCP(CCCC)CCCC.CCCCP(CCCC)CCCC.[C-]#[O+].[C-]#[O+].[C-]#[O+].[C-]#[O+].[CH-]=O.[CH-]=O.[Co+2].[Co]. The third-order valence-corrected chi connectivity index (χ3v) is 10.7. The van der Waals surface area contributed by atoms with Gasteiger partial charge in [0.2, 0.25) is 0 Å². The van der Waals surface area contributed by atoms with Crippen molar-refractivity contribution < 1.29 is 61.8 Å². The summed E-state index contributed by atoms with van der Waals surface area (Å²) in [6, 6.07) is 0. The standard InChI is InChI=1S/2C12H27P.2CHO.4CO.2Co/c2*1-4-7-10-13(11-8-5-2)12-9-6-3;6*1-2;;/h2*4-12H2,1-3H3;2*1H;;;;;;/q;;2*-1;;;;;;+2. The third-order valence-electron chi connectivity index (χ3n) is 4.97. The molecule has 0 saturated heterocycles. The van der Waals surface area contributed by atoms with Gasteiger partial charge >= 0.3 is 62.0 Å². The van der Waals surface area contributed by atoms with Crippen LogP contribution in [0, 0.1) is 26.6 Å². The maximum absolute atomic E-state index is 7.75. The molecule has 0 saturated carbocycles. The molecule has 0 atom stereocenters. The molecular weight excluding hydrogens is 636 g/mol. The summed E-state index contributed by atoms with van der Waals surface area (Å²) < 4.78 is 30.0. The van der Waals surface area contributed by atoms with Gasteiger partial charge in [-0.05, 0) is 75.5 Å². The molecule has 0 aromatic heterocycles. The summed E-state index contributed by atoms with van der Waals surface area (Å²) in [5.41, 5.74) is 0. The van der Waals surface area contributed by atoms with Gasteiger partial charge in [-0.2, -0.15) is 0 Å². The molecule has 2 radical (unpaired) electrons. The topological polar surface area (TPSA) is 114 Å². The van der Waals surface area contributed by atoms with Crippen LogP contribution in [0.2, 0.25) is 0 Å². The van der Waals surface area contributed by atoms with E-state index in [1.165, 1.54) is 77.0 Å². The molecule has 0 amide bonds.